The third-order valence-electron chi connectivity index (χ3n) is 3.88. The van der Waals surface area contributed by atoms with E-state index in [2.05, 4.69) is 15.6 Å². The number of rotatable bonds is 7. The van der Waals surface area contributed by atoms with Crippen LogP contribution in [-0.4, -0.2) is 25.0 Å². The molecule has 0 spiro atoms. The minimum atomic E-state index is -0.563. The number of guanidine groups is 1. The largest absolute Gasteiger partial charge is 0.457 e. The number of nitrogens with zero attached hydrogens (tertiary/aromatic N) is 1. The molecule has 6 nitrogen and oxygen atoms in total. The molecule has 0 aliphatic rings. The summed E-state index contributed by atoms with van der Waals surface area (Å²) in [5, 5.41) is 5.58. The Balaban J connectivity index is 0.00000320. The Hall–Kier alpha value is -3.14. The standard InChI is InChI=1S/C22H21FN4O2.HI/c23-20-12-5-4-11-19(20)21(28)25-13-14-26-22(24)27-16-7-6-10-18(15-16)29-17-8-2-1-3-9-17;/h1-12,15H,13-14H2,(H,25,28)(H3,24,26,27);1H. The summed E-state index contributed by atoms with van der Waals surface area (Å²) in [6.07, 6.45) is 0. The number of para-hydroxylation sites is 1. The van der Waals surface area contributed by atoms with E-state index in [4.69, 9.17) is 10.5 Å². The van der Waals surface area contributed by atoms with Crippen LogP contribution < -0.4 is 21.1 Å². The fourth-order valence-corrected chi connectivity index (χ4v) is 2.54. The fraction of sp³-hybridized carbons (Fsp3) is 0.0909. The van der Waals surface area contributed by atoms with Crippen LogP contribution >= 0.6 is 24.0 Å². The normalized spacial score (nSPS) is 10.6. The number of carbonyl (C=O) groups is 1. The van der Waals surface area contributed by atoms with Crippen LogP contribution in [0.15, 0.2) is 83.9 Å². The Labute approximate surface area is 191 Å². The molecule has 0 saturated carbocycles. The summed E-state index contributed by atoms with van der Waals surface area (Å²) >= 11 is 0. The second-order valence-corrected chi connectivity index (χ2v) is 6.07. The number of nitrogens with two attached hydrogens (primary N) is 1. The van der Waals surface area contributed by atoms with Gasteiger partial charge in [0.1, 0.15) is 17.3 Å². The van der Waals surface area contributed by atoms with Crippen LogP contribution in [0.1, 0.15) is 10.4 Å². The van der Waals surface area contributed by atoms with Gasteiger partial charge in [0.25, 0.3) is 5.91 Å². The van der Waals surface area contributed by atoms with Crippen LogP contribution in [0.3, 0.4) is 0 Å². The van der Waals surface area contributed by atoms with Crippen molar-refractivity contribution in [2.24, 2.45) is 10.7 Å². The first-order valence-corrected chi connectivity index (χ1v) is 9.04. The molecular weight excluding hydrogens is 498 g/mol. The number of amides is 1. The lowest BCUT2D eigenvalue weighted by molar-refractivity contribution is 0.0951. The van der Waals surface area contributed by atoms with E-state index in [9.17, 15) is 9.18 Å². The highest BCUT2D eigenvalue weighted by molar-refractivity contribution is 14.0. The molecule has 0 aliphatic heterocycles. The lowest BCUT2D eigenvalue weighted by Crippen LogP contribution is -2.29. The lowest BCUT2D eigenvalue weighted by atomic mass is 10.2. The zero-order valence-electron chi connectivity index (χ0n) is 16.0. The fourth-order valence-electron chi connectivity index (χ4n) is 2.54. The lowest BCUT2D eigenvalue weighted by Gasteiger charge is -2.09. The van der Waals surface area contributed by atoms with Crippen molar-refractivity contribution in [2.75, 3.05) is 18.4 Å². The topological polar surface area (TPSA) is 88.7 Å². The maximum absolute atomic E-state index is 13.6. The first-order chi connectivity index (χ1) is 14.1. The van der Waals surface area contributed by atoms with Gasteiger partial charge in [-0.3, -0.25) is 9.79 Å². The van der Waals surface area contributed by atoms with Gasteiger partial charge in [-0.25, -0.2) is 4.39 Å². The molecular formula is C22H22FIN4O2. The van der Waals surface area contributed by atoms with Crippen molar-refractivity contribution >= 4 is 41.5 Å². The zero-order valence-corrected chi connectivity index (χ0v) is 18.4. The van der Waals surface area contributed by atoms with Crippen molar-refractivity contribution in [3.05, 3.63) is 90.2 Å². The number of benzene rings is 3. The van der Waals surface area contributed by atoms with E-state index in [1.807, 2.05) is 48.5 Å². The second kappa shape index (κ2) is 11.8. The molecule has 0 radical (unpaired) electrons. The van der Waals surface area contributed by atoms with Crippen LogP contribution in [-0.2, 0) is 0 Å². The van der Waals surface area contributed by atoms with E-state index in [-0.39, 0.29) is 48.6 Å². The Kier molecular flexibility index (Phi) is 9.07. The average Bonchev–Trinajstić information content (AvgIpc) is 2.72. The Morgan fingerprint density at radius 1 is 0.967 bits per heavy atom. The summed E-state index contributed by atoms with van der Waals surface area (Å²) in [6.45, 7) is 0.478. The van der Waals surface area contributed by atoms with E-state index in [0.717, 1.165) is 11.4 Å². The molecule has 8 heteroatoms. The molecule has 0 fully saturated rings. The molecule has 0 aliphatic carbocycles. The van der Waals surface area contributed by atoms with E-state index in [1.54, 1.807) is 12.1 Å². The number of anilines is 1. The third kappa shape index (κ3) is 7.03. The van der Waals surface area contributed by atoms with Gasteiger partial charge in [-0.2, -0.15) is 0 Å². The van der Waals surface area contributed by atoms with Crippen LogP contribution in [0.4, 0.5) is 10.1 Å². The molecule has 30 heavy (non-hydrogen) atoms. The van der Waals surface area contributed by atoms with E-state index in [0.29, 0.717) is 5.75 Å². The SMILES string of the molecule is I.NC(=NCCNC(=O)c1ccccc1F)Nc1cccc(Oc2ccccc2)c1. The molecule has 3 rings (SSSR count). The zero-order chi connectivity index (χ0) is 20.5. The van der Waals surface area contributed by atoms with Crippen molar-refractivity contribution < 1.29 is 13.9 Å². The molecule has 0 heterocycles. The van der Waals surface area contributed by atoms with Gasteiger partial charge in [-0.05, 0) is 36.4 Å². The molecule has 3 aromatic carbocycles. The predicted molar refractivity (Wildman–Crippen MR) is 127 cm³/mol. The van der Waals surface area contributed by atoms with Crippen molar-refractivity contribution in [3.63, 3.8) is 0 Å². The maximum atomic E-state index is 13.6. The summed E-state index contributed by atoms with van der Waals surface area (Å²) in [6, 6.07) is 22.6. The number of hydrogen-bond acceptors (Lipinski definition) is 3. The quantitative estimate of drug-likeness (QED) is 0.187. The first-order valence-electron chi connectivity index (χ1n) is 9.04. The van der Waals surface area contributed by atoms with Gasteiger partial charge >= 0.3 is 0 Å². The minimum absolute atomic E-state index is 0. The average molecular weight is 520 g/mol. The number of carbonyl (C=O) groups excluding carboxylic acids is 1. The molecule has 0 unspecified atom stereocenters. The van der Waals surface area contributed by atoms with Crippen LogP contribution in [0.25, 0.3) is 0 Å². The van der Waals surface area contributed by atoms with Crippen molar-refractivity contribution in [1.82, 2.24) is 5.32 Å². The van der Waals surface area contributed by atoms with Gasteiger partial charge in [-0.1, -0.05) is 36.4 Å². The van der Waals surface area contributed by atoms with Gasteiger partial charge in [0.05, 0.1) is 12.1 Å². The maximum Gasteiger partial charge on any atom is 0.254 e. The van der Waals surface area contributed by atoms with Gasteiger partial charge in [0.15, 0.2) is 5.96 Å². The van der Waals surface area contributed by atoms with Gasteiger partial charge in [-0.15, -0.1) is 24.0 Å². The summed E-state index contributed by atoms with van der Waals surface area (Å²) < 4.78 is 19.3. The number of halogens is 2. The molecule has 0 saturated heterocycles. The van der Waals surface area contributed by atoms with Gasteiger partial charge in [0.2, 0.25) is 0 Å². The van der Waals surface area contributed by atoms with Crippen molar-refractivity contribution in [1.29, 1.82) is 0 Å². The molecule has 0 bridgehead atoms. The van der Waals surface area contributed by atoms with E-state index in [1.165, 1.54) is 18.2 Å². The monoisotopic (exact) mass is 520 g/mol. The van der Waals surface area contributed by atoms with Crippen LogP contribution in [0, 0.1) is 5.82 Å². The smallest absolute Gasteiger partial charge is 0.254 e. The van der Waals surface area contributed by atoms with Crippen LogP contribution in [0.2, 0.25) is 0 Å². The predicted octanol–water partition coefficient (Wildman–Crippen LogP) is 4.39. The highest BCUT2D eigenvalue weighted by Gasteiger charge is 2.09. The molecule has 0 aromatic heterocycles. The number of aliphatic imine (C=N–C) groups is 1. The Morgan fingerprint density at radius 2 is 1.67 bits per heavy atom. The summed E-state index contributed by atoms with van der Waals surface area (Å²) in [7, 11) is 0. The molecule has 3 aromatic rings. The van der Waals surface area contributed by atoms with Gasteiger partial charge < -0.3 is 21.1 Å². The number of hydrogen-bond donors (Lipinski definition) is 3. The van der Waals surface area contributed by atoms with E-state index < -0.39 is 11.7 Å². The van der Waals surface area contributed by atoms with E-state index >= 15 is 0 Å². The van der Waals surface area contributed by atoms with Crippen LogP contribution in [0.5, 0.6) is 11.5 Å². The summed E-state index contributed by atoms with van der Waals surface area (Å²) in [5.41, 5.74) is 6.60. The molecule has 156 valence electrons. The summed E-state index contributed by atoms with van der Waals surface area (Å²) in [5.74, 6) is 0.535. The highest BCUT2D eigenvalue weighted by atomic mass is 127. The van der Waals surface area contributed by atoms with Crippen molar-refractivity contribution in [3.8, 4) is 11.5 Å². The Bertz CT molecular complexity index is 999. The highest BCUT2D eigenvalue weighted by Crippen LogP contribution is 2.23. The first kappa shape index (κ1) is 23.1. The number of nitrogens with one attached hydrogen (secondary N) is 2. The number of ether oxygens (including phenoxy) is 1. The molecule has 1 amide bonds. The van der Waals surface area contributed by atoms with Gasteiger partial charge in [0, 0.05) is 18.3 Å². The molecule has 0 atom stereocenters. The minimum Gasteiger partial charge on any atom is -0.457 e. The Morgan fingerprint density at radius 3 is 2.43 bits per heavy atom. The van der Waals surface area contributed by atoms with Crippen molar-refractivity contribution in [2.45, 2.75) is 0 Å². The summed E-state index contributed by atoms with van der Waals surface area (Å²) in [4.78, 5) is 16.1. The second-order valence-electron chi connectivity index (χ2n) is 6.07. The molecule has 4 N–H and O–H groups in total. The third-order valence-corrected chi connectivity index (χ3v) is 3.88.